The minimum absolute atomic E-state index is 0.113. The lowest BCUT2D eigenvalue weighted by atomic mass is 10.1. The fourth-order valence-electron chi connectivity index (χ4n) is 2.18. The monoisotopic (exact) mass is 315 g/mol. The van der Waals surface area contributed by atoms with Gasteiger partial charge in [0.2, 0.25) is 5.91 Å². The summed E-state index contributed by atoms with van der Waals surface area (Å²) in [5, 5.41) is 2.86. The van der Waals surface area contributed by atoms with Crippen LogP contribution < -0.4 is 19.5 Å². The molecule has 1 N–H and O–H groups in total. The van der Waals surface area contributed by atoms with Gasteiger partial charge in [-0.1, -0.05) is 6.07 Å². The smallest absolute Gasteiger partial charge is 0.228 e. The van der Waals surface area contributed by atoms with E-state index in [9.17, 15) is 4.79 Å². The van der Waals surface area contributed by atoms with Crippen molar-refractivity contribution in [3.05, 3.63) is 48.0 Å². The van der Waals surface area contributed by atoms with Crippen molar-refractivity contribution in [1.82, 2.24) is 0 Å². The van der Waals surface area contributed by atoms with Crippen LogP contribution >= 0.6 is 0 Å². The number of rotatable bonds is 7. The summed E-state index contributed by atoms with van der Waals surface area (Å²) in [7, 11) is 3.16. The average Bonchev–Trinajstić information content (AvgIpc) is 2.57. The molecule has 5 nitrogen and oxygen atoms in total. The predicted molar refractivity (Wildman–Crippen MR) is 89.5 cm³/mol. The third-order valence-electron chi connectivity index (χ3n) is 3.29. The lowest BCUT2D eigenvalue weighted by molar-refractivity contribution is -0.115. The molecule has 1 amide bonds. The topological polar surface area (TPSA) is 56.8 Å². The molecule has 0 aromatic heterocycles. The molecular weight excluding hydrogens is 294 g/mol. The zero-order valence-electron chi connectivity index (χ0n) is 13.6. The molecule has 0 aliphatic heterocycles. The van der Waals surface area contributed by atoms with Gasteiger partial charge >= 0.3 is 0 Å². The lowest BCUT2D eigenvalue weighted by Gasteiger charge is -2.11. The number of carbonyl (C=O) groups excluding carboxylic acids is 1. The third kappa shape index (κ3) is 4.64. The molecule has 0 saturated heterocycles. The molecule has 122 valence electrons. The van der Waals surface area contributed by atoms with Gasteiger partial charge in [0.25, 0.3) is 0 Å². The van der Waals surface area contributed by atoms with Gasteiger partial charge in [0.1, 0.15) is 17.2 Å². The molecule has 5 heteroatoms. The highest BCUT2D eigenvalue weighted by molar-refractivity contribution is 5.92. The summed E-state index contributed by atoms with van der Waals surface area (Å²) in [6, 6.07) is 12.7. The molecule has 0 aliphatic rings. The number of amides is 1. The van der Waals surface area contributed by atoms with Crippen molar-refractivity contribution in [2.75, 3.05) is 26.1 Å². The standard InChI is InChI=1S/C18H21NO4/c1-4-23-15-9-6-14(7-10-15)19-18(20)11-13-5-8-16(21-2)12-17(13)22-3/h5-10,12H,4,11H2,1-3H3,(H,19,20). The number of methoxy groups -OCH3 is 2. The van der Waals surface area contributed by atoms with Gasteiger partial charge in [-0.15, -0.1) is 0 Å². The Bertz CT molecular complexity index is 653. The number of benzene rings is 2. The van der Waals surface area contributed by atoms with E-state index in [1.54, 1.807) is 20.3 Å². The van der Waals surface area contributed by atoms with Crippen molar-refractivity contribution in [2.45, 2.75) is 13.3 Å². The fourth-order valence-corrected chi connectivity index (χ4v) is 2.18. The van der Waals surface area contributed by atoms with Gasteiger partial charge in [-0.2, -0.15) is 0 Å². The molecule has 23 heavy (non-hydrogen) atoms. The van der Waals surface area contributed by atoms with Gasteiger partial charge in [-0.3, -0.25) is 4.79 Å². The van der Waals surface area contributed by atoms with Crippen LogP contribution in [0.5, 0.6) is 17.2 Å². The minimum Gasteiger partial charge on any atom is -0.497 e. The van der Waals surface area contributed by atoms with Crippen LogP contribution in [0, 0.1) is 0 Å². The van der Waals surface area contributed by atoms with E-state index in [-0.39, 0.29) is 12.3 Å². The maximum absolute atomic E-state index is 12.2. The molecule has 0 fully saturated rings. The highest BCUT2D eigenvalue weighted by Crippen LogP contribution is 2.25. The summed E-state index contributed by atoms with van der Waals surface area (Å²) >= 11 is 0. The first-order valence-corrected chi connectivity index (χ1v) is 7.40. The number of hydrogen-bond donors (Lipinski definition) is 1. The number of carbonyl (C=O) groups is 1. The van der Waals surface area contributed by atoms with Crippen molar-refractivity contribution in [3.63, 3.8) is 0 Å². The summed E-state index contributed by atoms with van der Waals surface area (Å²) in [5.41, 5.74) is 1.53. The Morgan fingerprint density at radius 2 is 1.70 bits per heavy atom. The molecule has 0 saturated carbocycles. The van der Waals surface area contributed by atoms with Crippen LogP contribution in [-0.4, -0.2) is 26.7 Å². The normalized spacial score (nSPS) is 10.0. The quantitative estimate of drug-likeness (QED) is 0.852. The number of nitrogens with one attached hydrogen (secondary N) is 1. The molecule has 0 radical (unpaired) electrons. The van der Waals surface area contributed by atoms with Crippen molar-refractivity contribution in [2.24, 2.45) is 0 Å². The average molecular weight is 315 g/mol. The zero-order valence-corrected chi connectivity index (χ0v) is 13.6. The van der Waals surface area contributed by atoms with Crippen molar-refractivity contribution >= 4 is 11.6 Å². The Labute approximate surface area is 136 Å². The zero-order chi connectivity index (χ0) is 16.7. The van der Waals surface area contributed by atoms with Crippen molar-refractivity contribution < 1.29 is 19.0 Å². The molecule has 0 spiro atoms. The summed E-state index contributed by atoms with van der Waals surface area (Å²) in [5.74, 6) is 1.99. The van der Waals surface area contributed by atoms with E-state index in [2.05, 4.69) is 5.32 Å². The predicted octanol–water partition coefficient (Wildman–Crippen LogP) is 3.28. The Morgan fingerprint density at radius 1 is 1.00 bits per heavy atom. The molecule has 0 aliphatic carbocycles. The Balaban J connectivity index is 2.01. The van der Waals surface area contributed by atoms with Gasteiger partial charge < -0.3 is 19.5 Å². The van der Waals surface area contributed by atoms with Crippen LogP contribution in [0.25, 0.3) is 0 Å². The second-order valence-corrected chi connectivity index (χ2v) is 4.86. The molecule has 2 aromatic rings. The van der Waals surface area contributed by atoms with Gasteiger partial charge in [0.15, 0.2) is 0 Å². The maximum atomic E-state index is 12.2. The van der Waals surface area contributed by atoms with E-state index < -0.39 is 0 Å². The SMILES string of the molecule is CCOc1ccc(NC(=O)Cc2ccc(OC)cc2OC)cc1. The third-order valence-corrected chi connectivity index (χ3v) is 3.29. The number of anilines is 1. The van der Waals surface area contributed by atoms with E-state index in [0.29, 0.717) is 18.1 Å². The first-order chi connectivity index (χ1) is 11.2. The molecule has 2 rings (SSSR count). The van der Waals surface area contributed by atoms with Crippen molar-refractivity contribution in [1.29, 1.82) is 0 Å². The van der Waals surface area contributed by atoms with Gasteiger partial charge in [0, 0.05) is 17.3 Å². The second kappa shape index (κ2) is 8.08. The Hall–Kier alpha value is -2.69. The maximum Gasteiger partial charge on any atom is 0.228 e. The molecule has 0 atom stereocenters. The Morgan fingerprint density at radius 3 is 2.30 bits per heavy atom. The van der Waals surface area contributed by atoms with E-state index in [1.165, 1.54) is 0 Å². The van der Waals surface area contributed by atoms with Gasteiger partial charge in [-0.25, -0.2) is 0 Å². The highest BCUT2D eigenvalue weighted by Gasteiger charge is 2.10. The molecular formula is C18H21NO4. The van der Waals surface area contributed by atoms with Crippen LogP contribution in [0.15, 0.2) is 42.5 Å². The van der Waals surface area contributed by atoms with E-state index in [0.717, 1.165) is 17.0 Å². The van der Waals surface area contributed by atoms with E-state index in [1.807, 2.05) is 43.3 Å². The van der Waals surface area contributed by atoms with E-state index >= 15 is 0 Å². The fraction of sp³-hybridized carbons (Fsp3) is 0.278. The van der Waals surface area contributed by atoms with Crippen LogP contribution in [0.2, 0.25) is 0 Å². The lowest BCUT2D eigenvalue weighted by Crippen LogP contribution is -2.14. The number of hydrogen-bond acceptors (Lipinski definition) is 4. The molecule has 0 unspecified atom stereocenters. The molecule has 0 heterocycles. The summed E-state index contributed by atoms with van der Waals surface area (Å²) < 4.78 is 15.8. The number of ether oxygens (including phenoxy) is 3. The largest absolute Gasteiger partial charge is 0.497 e. The Kier molecular flexibility index (Phi) is 5.86. The summed E-state index contributed by atoms with van der Waals surface area (Å²) in [4.78, 5) is 12.2. The van der Waals surface area contributed by atoms with Gasteiger partial charge in [0.05, 0.1) is 27.2 Å². The molecule has 2 aromatic carbocycles. The summed E-state index contributed by atoms with van der Waals surface area (Å²) in [6.07, 6.45) is 0.223. The van der Waals surface area contributed by atoms with E-state index in [4.69, 9.17) is 14.2 Å². The van der Waals surface area contributed by atoms with Crippen LogP contribution in [0.3, 0.4) is 0 Å². The second-order valence-electron chi connectivity index (χ2n) is 4.86. The van der Waals surface area contributed by atoms with Gasteiger partial charge in [-0.05, 0) is 37.3 Å². The van der Waals surface area contributed by atoms with Crippen LogP contribution in [0.4, 0.5) is 5.69 Å². The van der Waals surface area contributed by atoms with Crippen LogP contribution in [-0.2, 0) is 11.2 Å². The first-order valence-electron chi connectivity index (χ1n) is 7.40. The van der Waals surface area contributed by atoms with Crippen LogP contribution in [0.1, 0.15) is 12.5 Å². The highest BCUT2D eigenvalue weighted by atomic mass is 16.5. The first kappa shape index (κ1) is 16.7. The molecule has 0 bridgehead atoms. The summed E-state index contributed by atoms with van der Waals surface area (Å²) in [6.45, 7) is 2.54. The minimum atomic E-state index is -0.113. The van der Waals surface area contributed by atoms with Crippen molar-refractivity contribution in [3.8, 4) is 17.2 Å².